The van der Waals surface area contributed by atoms with E-state index in [4.69, 9.17) is 0 Å². The highest BCUT2D eigenvalue weighted by atomic mass is 35.5. The Morgan fingerprint density at radius 2 is 2.40 bits per heavy atom. The number of halogens is 1. The second-order valence-corrected chi connectivity index (χ2v) is 4.86. The van der Waals surface area contributed by atoms with Crippen LogP contribution in [0.25, 0.3) is 0 Å². The van der Waals surface area contributed by atoms with Gasteiger partial charge in [0, 0.05) is 30.8 Å². The summed E-state index contributed by atoms with van der Waals surface area (Å²) in [6.07, 6.45) is 1.09. The number of likely N-dealkylation sites (tertiary alicyclic amines) is 1. The van der Waals surface area contributed by atoms with E-state index in [1.54, 1.807) is 11.8 Å². The molecule has 2 N–H and O–H groups in total. The molecule has 0 aromatic heterocycles. The molecule has 15 heavy (non-hydrogen) atoms. The van der Waals surface area contributed by atoms with Gasteiger partial charge in [-0.3, -0.25) is 10.1 Å². The molecule has 2 heterocycles. The van der Waals surface area contributed by atoms with E-state index in [-0.39, 0.29) is 24.4 Å². The molecular formula is C9H18ClN3OS. The summed E-state index contributed by atoms with van der Waals surface area (Å²) in [6, 6.07) is 0.559. The fraction of sp³-hybridized carbons (Fsp3) is 0.889. The van der Waals surface area contributed by atoms with Crippen LogP contribution in [0.3, 0.4) is 0 Å². The zero-order chi connectivity index (χ0) is 9.97. The summed E-state index contributed by atoms with van der Waals surface area (Å²) >= 11 is 1.80. The third-order valence-corrected chi connectivity index (χ3v) is 3.86. The normalized spacial score (nSPS) is 30.3. The summed E-state index contributed by atoms with van der Waals surface area (Å²) in [5.74, 6) is 2.13. The largest absolute Gasteiger partial charge is 0.340 e. The third-order valence-electron chi connectivity index (χ3n) is 2.92. The molecule has 6 heteroatoms. The highest BCUT2D eigenvalue weighted by Crippen LogP contribution is 2.15. The van der Waals surface area contributed by atoms with Gasteiger partial charge in [0.1, 0.15) is 0 Å². The Labute approximate surface area is 101 Å². The molecule has 0 aromatic rings. The number of carbonyl (C=O) groups excluding carboxylic acids is 1. The van der Waals surface area contributed by atoms with Crippen molar-refractivity contribution in [3.63, 3.8) is 0 Å². The van der Waals surface area contributed by atoms with Crippen LogP contribution in [0.2, 0.25) is 0 Å². The SMILES string of the molecule is CNC1CCN(C(=O)C2CSCN2)C1.Cl. The van der Waals surface area contributed by atoms with Crippen LogP contribution in [0.1, 0.15) is 6.42 Å². The first-order valence-corrected chi connectivity index (χ1v) is 6.24. The van der Waals surface area contributed by atoms with Crippen LogP contribution < -0.4 is 10.6 Å². The average molecular weight is 252 g/mol. The average Bonchev–Trinajstić information content (AvgIpc) is 2.88. The number of nitrogens with one attached hydrogen (secondary N) is 2. The van der Waals surface area contributed by atoms with E-state index >= 15 is 0 Å². The Morgan fingerprint density at radius 3 is 2.93 bits per heavy atom. The molecule has 0 saturated carbocycles. The summed E-state index contributed by atoms with van der Waals surface area (Å²) < 4.78 is 0. The van der Waals surface area contributed by atoms with Gasteiger partial charge in [0.15, 0.2) is 0 Å². The van der Waals surface area contributed by atoms with Gasteiger partial charge >= 0.3 is 0 Å². The lowest BCUT2D eigenvalue weighted by Gasteiger charge is -2.20. The molecule has 0 aromatic carbocycles. The first-order chi connectivity index (χ1) is 6.81. The minimum Gasteiger partial charge on any atom is -0.340 e. The quantitative estimate of drug-likeness (QED) is 0.719. The monoisotopic (exact) mass is 251 g/mol. The number of thioether (sulfide) groups is 1. The van der Waals surface area contributed by atoms with E-state index in [1.165, 1.54) is 0 Å². The van der Waals surface area contributed by atoms with Crippen LogP contribution in [0.15, 0.2) is 0 Å². The lowest BCUT2D eigenvalue weighted by atomic mass is 10.3. The zero-order valence-corrected chi connectivity index (χ0v) is 10.5. The molecule has 4 nitrogen and oxygen atoms in total. The zero-order valence-electron chi connectivity index (χ0n) is 8.86. The van der Waals surface area contributed by atoms with Crippen molar-refractivity contribution in [2.24, 2.45) is 0 Å². The first kappa shape index (κ1) is 13.1. The van der Waals surface area contributed by atoms with Gasteiger partial charge in [-0.1, -0.05) is 0 Å². The van der Waals surface area contributed by atoms with Crippen LogP contribution in [0.4, 0.5) is 0 Å². The van der Waals surface area contributed by atoms with Gasteiger partial charge in [-0.2, -0.15) is 0 Å². The lowest BCUT2D eigenvalue weighted by Crippen LogP contribution is -2.44. The third kappa shape index (κ3) is 3.00. The number of hydrogen-bond acceptors (Lipinski definition) is 4. The standard InChI is InChI=1S/C9H17N3OS.ClH/c1-10-7-2-3-12(4-7)9(13)8-5-14-6-11-8;/h7-8,10-11H,2-6H2,1H3;1H. The fourth-order valence-corrected chi connectivity index (χ4v) is 2.90. The number of amides is 1. The number of carbonyl (C=O) groups is 1. The predicted molar refractivity (Wildman–Crippen MR) is 65.5 cm³/mol. The molecule has 0 radical (unpaired) electrons. The number of rotatable bonds is 2. The molecule has 0 spiro atoms. The highest BCUT2D eigenvalue weighted by Gasteiger charge is 2.31. The summed E-state index contributed by atoms with van der Waals surface area (Å²) in [5.41, 5.74) is 0. The molecule has 2 unspecified atom stereocenters. The van der Waals surface area contributed by atoms with Crippen molar-refractivity contribution in [2.75, 3.05) is 31.8 Å². The fourth-order valence-electron chi connectivity index (χ4n) is 1.97. The number of nitrogens with zero attached hydrogens (tertiary/aromatic N) is 1. The highest BCUT2D eigenvalue weighted by molar-refractivity contribution is 7.99. The maximum atomic E-state index is 11.9. The number of hydrogen-bond donors (Lipinski definition) is 2. The molecule has 2 saturated heterocycles. The molecule has 2 aliphatic heterocycles. The van der Waals surface area contributed by atoms with Gasteiger partial charge < -0.3 is 10.2 Å². The van der Waals surface area contributed by atoms with E-state index < -0.39 is 0 Å². The summed E-state index contributed by atoms with van der Waals surface area (Å²) in [7, 11) is 1.96. The Morgan fingerprint density at radius 1 is 1.60 bits per heavy atom. The van der Waals surface area contributed by atoms with E-state index in [0.29, 0.717) is 6.04 Å². The van der Waals surface area contributed by atoms with Crippen LogP contribution >= 0.6 is 24.2 Å². The van der Waals surface area contributed by atoms with E-state index in [2.05, 4.69) is 10.6 Å². The van der Waals surface area contributed by atoms with Gasteiger partial charge in [0.05, 0.1) is 6.04 Å². The number of likely N-dealkylation sites (N-methyl/N-ethyl adjacent to an activating group) is 1. The van der Waals surface area contributed by atoms with Crippen molar-refractivity contribution < 1.29 is 4.79 Å². The van der Waals surface area contributed by atoms with Gasteiger partial charge in [0.25, 0.3) is 0 Å². The van der Waals surface area contributed by atoms with Crippen molar-refractivity contribution in [2.45, 2.75) is 18.5 Å². The van der Waals surface area contributed by atoms with Crippen molar-refractivity contribution in [3.05, 3.63) is 0 Å². The van der Waals surface area contributed by atoms with Crippen molar-refractivity contribution >= 4 is 30.1 Å². The minimum atomic E-state index is 0. The molecule has 2 fully saturated rings. The molecule has 1 amide bonds. The summed E-state index contributed by atoms with van der Waals surface area (Å²) in [5, 5.41) is 6.44. The second-order valence-electron chi connectivity index (χ2n) is 3.83. The minimum absolute atomic E-state index is 0. The molecule has 0 aliphatic carbocycles. The maximum absolute atomic E-state index is 11.9. The molecule has 2 atom stereocenters. The second kappa shape index (κ2) is 5.94. The topological polar surface area (TPSA) is 44.4 Å². The van der Waals surface area contributed by atoms with Crippen molar-refractivity contribution in [1.29, 1.82) is 0 Å². The lowest BCUT2D eigenvalue weighted by molar-refractivity contribution is -0.131. The van der Waals surface area contributed by atoms with Gasteiger partial charge in [-0.05, 0) is 13.5 Å². The first-order valence-electron chi connectivity index (χ1n) is 5.08. The molecule has 88 valence electrons. The van der Waals surface area contributed by atoms with Crippen LogP contribution in [-0.2, 0) is 4.79 Å². The summed E-state index contributed by atoms with van der Waals surface area (Å²) in [4.78, 5) is 13.9. The van der Waals surface area contributed by atoms with E-state index in [9.17, 15) is 4.79 Å². The predicted octanol–water partition coefficient (Wildman–Crippen LogP) is -0.109. The molecule has 0 bridgehead atoms. The Balaban J connectivity index is 0.00000112. The smallest absolute Gasteiger partial charge is 0.240 e. The Hall–Kier alpha value is 0.0300. The van der Waals surface area contributed by atoms with Gasteiger partial charge in [0.2, 0.25) is 5.91 Å². The summed E-state index contributed by atoms with van der Waals surface area (Å²) in [6.45, 7) is 1.78. The molecule has 2 aliphatic rings. The van der Waals surface area contributed by atoms with Crippen LogP contribution in [-0.4, -0.2) is 54.7 Å². The van der Waals surface area contributed by atoms with Crippen LogP contribution in [0.5, 0.6) is 0 Å². The molecular weight excluding hydrogens is 234 g/mol. The van der Waals surface area contributed by atoms with Crippen molar-refractivity contribution in [1.82, 2.24) is 15.5 Å². The Kier molecular flexibility index (Phi) is 5.18. The van der Waals surface area contributed by atoms with Crippen molar-refractivity contribution in [3.8, 4) is 0 Å². The van der Waals surface area contributed by atoms with E-state index in [1.807, 2.05) is 11.9 Å². The maximum Gasteiger partial charge on any atom is 0.240 e. The molecule has 2 rings (SSSR count). The Bertz CT molecular complexity index is 223. The van der Waals surface area contributed by atoms with Crippen LogP contribution in [0, 0.1) is 0 Å². The van der Waals surface area contributed by atoms with Gasteiger partial charge in [-0.25, -0.2) is 0 Å². The van der Waals surface area contributed by atoms with E-state index in [0.717, 1.165) is 31.1 Å². The van der Waals surface area contributed by atoms with Gasteiger partial charge in [-0.15, -0.1) is 24.2 Å².